The first kappa shape index (κ1) is 82.0. The normalized spacial score (nSPS) is 13.1. The summed E-state index contributed by atoms with van der Waals surface area (Å²) < 4.78 is 33.2. The molecule has 0 radical (unpaired) electrons. The van der Waals surface area contributed by atoms with Gasteiger partial charge in [-0.15, -0.1) is 0 Å². The zero-order chi connectivity index (χ0) is 60.9. The first-order valence-electron chi connectivity index (χ1n) is 36.6. The summed E-state index contributed by atoms with van der Waals surface area (Å²) in [6, 6.07) is 0. The number of phosphoric ester groups is 1. The van der Waals surface area contributed by atoms with E-state index < -0.39 is 26.5 Å². The van der Waals surface area contributed by atoms with E-state index >= 15 is 0 Å². The van der Waals surface area contributed by atoms with Gasteiger partial charge in [0, 0.05) is 19.4 Å². The SMILES string of the molecule is CC/C=C\C/C=C\C/C=C\C/C=C\CCCCCCCCCCCCCCCCCCCCCCCCCCC(=O)OC(COC(=O)CCCCCCCCCCCCCCCCCCCCCCCCCCCC)COP(=O)(O)OCCN. The highest BCUT2D eigenvalue weighted by Gasteiger charge is 2.26. The number of allylic oxidation sites excluding steroid dienone is 8. The molecule has 0 aliphatic rings. The smallest absolute Gasteiger partial charge is 0.462 e. The minimum Gasteiger partial charge on any atom is -0.462 e. The van der Waals surface area contributed by atoms with Crippen LogP contribution in [0.5, 0.6) is 0 Å². The van der Waals surface area contributed by atoms with Crippen LogP contribution in [0.3, 0.4) is 0 Å². The Balaban J connectivity index is 3.78. The Labute approximate surface area is 521 Å². The summed E-state index contributed by atoms with van der Waals surface area (Å²) in [4.78, 5) is 35.4. The number of hydrogen-bond acceptors (Lipinski definition) is 8. The fourth-order valence-corrected chi connectivity index (χ4v) is 11.9. The number of rotatable bonds is 70. The molecule has 0 spiro atoms. The molecule has 0 aliphatic carbocycles. The van der Waals surface area contributed by atoms with Gasteiger partial charge in [-0.05, 0) is 51.4 Å². The lowest BCUT2D eigenvalue weighted by molar-refractivity contribution is -0.161. The summed E-state index contributed by atoms with van der Waals surface area (Å²) in [5.74, 6) is -0.802. The maximum atomic E-state index is 12.8. The molecule has 3 N–H and O–H groups in total. The van der Waals surface area contributed by atoms with Crippen LogP contribution in [0.4, 0.5) is 0 Å². The van der Waals surface area contributed by atoms with Gasteiger partial charge in [0.05, 0.1) is 13.2 Å². The van der Waals surface area contributed by atoms with Crippen LogP contribution in [0, 0.1) is 0 Å². The molecule has 0 aliphatic heterocycles. The highest BCUT2D eigenvalue weighted by Crippen LogP contribution is 2.43. The van der Waals surface area contributed by atoms with Gasteiger partial charge in [-0.3, -0.25) is 18.6 Å². The molecule has 9 nitrogen and oxygen atoms in total. The maximum Gasteiger partial charge on any atom is 0.472 e. The first-order chi connectivity index (χ1) is 41.3. The van der Waals surface area contributed by atoms with Crippen molar-refractivity contribution in [2.24, 2.45) is 5.73 Å². The molecule has 0 saturated carbocycles. The summed E-state index contributed by atoms with van der Waals surface area (Å²) in [7, 11) is -4.39. The molecule has 0 aromatic heterocycles. The number of unbranched alkanes of at least 4 members (excludes halogenated alkanes) is 49. The Morgan fingerprint density at radius 1 is 0.369 bits per heavy atom. The fraction of sp³-hybridized carbons (Fsp3) is 0.865. The number of carbonyl (C=O) groups is 2. The summed E-state index contributed by atoms with van der Waals surface area (Å²) in [6.45, 7) is 3.71. The number of hydrogen-bond donors (Lipinski definition) is 2. The van der Waals surface area contributed by atoms with Crippen molar-refractivity contribution < 1.29 is 37.6 Å². The molecule has 2 atom stereocenters. The maximum absolute atomic E-state index is 12.8. The highest BCUT2D eigenvalue weighted by molar-refractivity contribution is 7.47. The molecule has 2 unspecified atom stereocenters. The van der Waals surface area contributed by atoms with Gasteiger partial charge < -0.3 is 20.1 Å². The topological polar surface area (TPSA) is 134 Å². The Kier molecular flexibility index (Phi) is 68.4. The van der Waals surface area contributed by atoms with Crippen LogP contribution < -0.4 is 5.73 Å². The van der Waals surface area contributed by atoms with E-state index in [-0.39, 0.29) is 38.6 Å². The molecule has 0 amide bonds. The Hall–Kier alpha value is -2.03. The Morgan fingerprint density at radius 3 is 0.976 bits per heavy atom. The van der Waals surface area contributed by atoms with E-state index in [1.165, 1.54) is 289 Å². The van der Waals surface area contributed by atoms with Gasteiger partial charge in [0.25, 0.3) is 0 Å². The molecule has 84 heavy (non-hydrogen) atoms. The van der Waals surface area contributed by atoms with Crippen molar-refractivity contribution >= 4 is 19.8 Å². The third kappa shape index (κ3) is 69.1. The molecular formula is C74H140NO8P. The molecule has 0 heterocycles. The molecular weight excluding hydrogens is 1060 g/mol. The van der Waals surface area contributed by atoms with Gasteiger partial charge in [-0.25, -0.2) is 4.57 Å². The van der Waals surface area contributed by atoms with Crippen LogP contribution in [0.1, 0.15) is 380 Å². The third-order valence-electron chi connectivity index (χ3n) is 16.5. The van der Waals surface area contributed by atoms with Crippen LogP contribution >= 0.6 is 7.82 Å². The predicted octanol–water partition coefficient (Wildman–Crippen LogP) is 24.0. The van der Waals surface area contributed by atoms with Crippen LogP contribution in [0.25, 0.3) is 0 Å². The van der Waals surface area contributed by atoms with Gasteiger partial charge in [0.2, 0.25) is 0 Å². The number of nitrogens with two attached hydrogens (primary N) is 1. The van der Waals surface area contributed by atoms with Crippen molar-refractivity contribution in [3.8, 4) is 0 Å². The van der Waals surface area contributed by atoms with E-state index in [9.17, 15) is 19.0 Å². The first-order valence-corrected chi connectivity index (χ1v) is 38.1. The number of ether oxygens (including phenoxy) is 2. The van der Waals surface area contributed by atoms with E-state index in [0.717, 1.165) is 57.8 Å². The Morgan fingerprint density at radius 2 is 0.655 bits per heavy atom. The largest absolute Gasteiger partial charge is 0.472 e. The standard InChI is InChI=1S/C74H140NO8P/c1-3-5-7-9-11-13-15-17-19-21-23-25-27-29-31-32-33-34-35-36-37-38-39-40-41-43-45-47-49-51-53-55-57-59-61-63-65-67-74(77)83-72(71-82-84(78,79)81-69-68-75)70-80-73(76)66-64-62-60-58-56-54-52-50-48-46-44-42-30-28-26-24-22-20-18-16-14-12-10-8-6-4-2/h5,7,11,13,17,19,23,25,72H,3-4,6,8-10,12,14-16,18,20-22,24,26-71,75H2,1-2H3,(H,78,79)/b7-5-,13-11-,19-17-,25-23-. The molecule has 0 aromatic rings. The van der Waals surface area contributed by atoms with Crippen LogP contribution in [0.2, 0.25) is 0 Å². The predicted molar refractivity (Wildman–Crippen MR) is 363 cm³/mol. The molecule has 0 aromatic carbocycles. The van der Waals surface area contributed by atoms with Crippen molar-refractivity contribution in [3.05, 3.63) is 48.6 Å². The average Bonchev–Trinajstić information content (AvgIpc) is 3.58. The molecule has 0 bridgehead atoms. The monoisotopic (exact) mass is 1200 g/mol. The van der Waals surface area contributed by atoms with E-state index in [1.54, 1.807) is 0 Å². The van der Waals surface area contributed by atoms with Gasteiger partial charge in [0.15, 0.2) is 6.10 Å². The summed E-state index contributed by atoms with van der Waals surface area (Å²) in [5, 5.41) is 0. The van der Waals surface area contributed by atoms with Crippen molar-refractivity contribution in [1.82, 2.24) is 0 Å². The average molecular weight is 1200 g/mol. The van der Waals surface area contributed by atoms with Gasteiger partial charge in [-0.2, -0.15) is 0 Å². The van der Waals surface area contributed by atoms with E-state index in [4.69, 9.17) is 24.3 Å². The van der Waals surface area contributed by atoms with E-state index in [2.05, 4.69) is 62.5 Å². The van der Waals surface area contributed by atoms with Crippen molar-refractivity contribution in [2.75, 3.05) is 26.4 Å². The Bertz CT molecular complexity index is 1520. The highest BCUT2D eigenvalue weighted by atomic mass is 31.2. The fourth-order valence-electron chi connectivity index (χ4n) is 11.1. The minimum atomic E-state index is -4.39. The second kappa shape index (κ2) is 70.1. The lowest BCUT2D eigenvalue weighted by Crippen LogP contribution is -2.29. The van der Waals surface area contributed by atoms with Crippen LogP contribution in [-0.4, -0.2) is 49.3 Å². The summed E-state index contributed by atoms with van der Waals surface area (Å²) in [6.07, 6.45) is 89.4. The zero-order valence-electron chi connectivity index (χ0n) is 55.7. The van der Waals surface area contributed by atoms with Crippen molar-refractivity contribution in [2.45, 2.75) is 386 Å². The van der Waals surface area contributed by atoms with E-state index in [0.29, 0.717) is 6.42 Å². The third-order valence-corrected chi connectivity index (χ3v) is 17.5. The van der Waals surface area contributed by atoms with Crippen LogP contribution in [-0.2, 0) is 32.7 Å². The summed E-state index contributed by atoms with van der Waals surface area (Å²) in [5.41, 5.74) is 5.41. The molecule has 494 valence electrons. The lowest BCUT2D eigenvalue weighted by atomic mass is 10.0. The van der Waals surface area contributed by atoms with Crippen LogP contribution in [0.15, 0.2) is 48.6 Å². The summed E-state index contributed by atoms with van der Waals surface area (Å²) >= 11 is 0. The second-order valence-electron chi connectivity index (χ2n) is 24.8. The van der Waals surface area contributed by atoms with Gasteiger partial charge in [-0.1, -0.05) is 364 Å². The lowest BCUT2D eigenvalue weighted by Gasteiger charge is -2.19. The van der Waals surface area contributed by atoms with Gasteiger partial charge >= 0.3 is 19.8 Å². The molecule has 10 heteroatoms. The quantitative estimate of drug-likeness (QED) is 0.0264. The molecule has 0 saturated heterocycles. The molecule has 0 rings (SSSR count). The second-order valence-corrected chi connectivity index (χ2v) is 26.2. The number of phosphoric acid groups is 1. The minimum absolute atomic E-state index is 0.0565. The zero-order valence-corrected chi connectivity index (χ0v) is 56.6. The number of esters is 2. The number of carbonyl (C=O) groups excluding carboxylic acids is 2. The van der Waals surface area contributed by atoms with Crippen molar-refractivity contribution in [1.29, 1.82) is 0 Å². The van der Waals surface area contributed by atoms with E-state index in [1.807, 2.05) is 0 Å². The molecule has 0 fully saturated rings. The van der Waals surface area contributed by atoms with Gasteiger partial charge in [0.1, 0.15) is 6.61 Å². The van der Waals surface area contributed by atoms with Crippen molar-refractivity contribution in [3.63, 3.8) is 0 Å².